The highest BCUT2D eigenvalue weighted by atomic mass is 35.5. The molecule has 2 rings (SSSR count). The average Bonchev–Trinajstić information content (AvgIpc) is 2.53. The number of hydrogen-bond donors (Lipinski definition) is 1. The second-order valence-corrected chi connectivity index (χ2v) is 5.23. The maximum absolute atomic E-state index is 8.79. The summed E-state index contributed by atoms with van der Waals surface area (Å²) in [5.41, 5.74) is 2.69. The van der Waals surface area contributed by atoms with Gasteiger partial charge in [0.15, 0.2) is 0 Å². The van der Waals surface area contributed by atoms with Gasteiger partial charge in [0, 0.05) is 16.6 Å². The van der Waals surface area contributed by atoms with E-state index in [0.717, 1.165) is 16.9 Å². The lowest BCUT2D eigenvalue weighted by Crippen LogP contribution is -2.13. The van der Waals surface area contributed by atoms with Crippen LogP contribution in [-0.4, -0.2) is 7.05 Å². The molecule has 1 unspecified atom stereocenters. The summed E-state index contributed by atoms with van der Waals surface area (Å²) in [6.45, 7) is 2.51. The summed E-state index contributed by atoms with van der Waals surface area (Å²) >= 11 is 6.05. The first-order valence-corrected chi connectivity index (χ1v) is 7.10. The number of hydrogen-bond acceptors (Lipinski definition) is 3. The van der Waals surface area contributed by atoms with Crippen LogP contribution in [0.25, 0.3) is 0 Å². The van der Waals surface area contributed by atoms with Gasteiger partial charge < -0.3 is 10.1 Å². The molecule has 1 N–H and O–H groups in total. The van der Waals surface area contributed by atoms with E-state index in [1.54, 1.807) is 12.1 Å². The first kappa shape index (κ1) is 15.4. The second-order valence-electron chi connectivity index (χ2n) is 4.79. The maximum Gasteiger partial charge on any atom is 0.124 e. The summed E-state index contributed by atoms with van der Waals surface area (Å²) in [5.74, 6) is 0.811. The highest BCUT2D eigenvalue weighted by molar-refractivity contribution is 6.30. The van der Waals surface area contributed by atoms with Crippen LogP contribution in [0.5, 0.6) is 5.75 Å². The van der Waals surface area contributed by atoms with E-state index in [2.05, 4.69) is 18.3 Å². The molecule has 0 aliphatic carbocycles. The Balaban J connectivity index is 2.13. The first-order chi connectivity index (χ1) is 10.1. The number of nitrogens with one attached hydrogen (secondary N) is 1. The molecule has 0 spiro atoms. The standard InChI is InChI=1S/C17H17ClN2O/c1-12(20-2)16-9-15(18)7-8-17(16)21-11-14-5-3-13(10-19)4-6-14/h3-9,12,20H,11H2,1-2H3. The van der Waals surface area contributed by atoms with E-state index in [1.165, 1.54) is 0 Å². The lowest BCUT2D eigenvalue weighted by Gasteiger charge is -2.17. The van der Waals surface area contributed by atoms with Crippen molar-refractivity contribution in [3.05, 3.63) is 64.2 Å². The van der Waals surface area contributed by atoms with Crippen molar-refractivity contribution in [3.63, 3.8) is 0 Å². The van der Waals surface area contributed by atoms with Gasteiger partial charge in [-0.15, -0.1) is 0 Å². The predicted molar refractivity (Wildman–Crippen MR) is 84.4 cm³/mol. The lowest BCUT2D eigenvalue weighted by atomic mass is 10.1. The van der Waals surface area contributed by atoms with Crippen LogP contribution in [0.4, 0.5) is 0 Å². The lowest BCUT2D eigenvalue weighted by molar-refractivity contribution is 0.300. The van der Waals surface area contributed by atoms with Crippen LogP contribution in [0, 0.1) is 11.3 Å². The number of benzene rings is 2. The second kappa shape index (κ2) is 7.12. The minimum Gasteiger partial charge on any atom is -0.489 e. The van der Waals surface area contributed by atoms with Crippen molar-refractivity contribution < 1.29 is 4.74 Å². The van der Waals surface area contributed by atoms with Crippen molar-refractivity contribution >= 4 is 11.6 Å². The van der Waals surface area contributed by atoms with Gasteiger partial charge >= 0.3 is 0 Å². The van der Waals surface area contributed by atoms with Crippen LogP contribution < -0.4 is 10.1 Å². The molecule has 4 heteroatoms. The topological polar surface area (TPSA) is 45.0 Å². The van der Waals surface area contributed by atoms with Crippen LogP contribution in [-0.2, 0) is 6.61 Å². The van der Waals surface area contributed by atoms with Gasteiger partial charge in [-0.1, -0.05) is 23.7 Å². The molecular formula is C17H17ClN2O. The highest BCUT2D eigenvalue weighted by Gasteiger charge is 2.11. The molecule has 21 heavy (non-hydrogen) atoms. The number of rotatable bonds is 5. The average molecular weight is 301 g/mol. The smallest absolute Gasteiger partial charge is 0.124 e. The number of nitriles is 1. The van der Waals surface area contributed by atoms with Gasteiger partial charge in [-0.3, -0.25) is 0 Å². The van der Waals surface area contributed by atoms with Gasteiger partial charge in [0.05, 0.1) is 11.6 Å². The van der Waals surface area contributed by atoms with E-state index in [1.807, 2.05) is 37.4 Å². The summed E-state index contributed by atoms with van der Waals surface area (Å²) in [4.78, 5) is 0. The molecule has 0 bridgehead atoms. The van der Waals surface area contributed by atoms with Gasteiger partial charge in [-0.2, -0.15) is 5.26 Å². The largest absolute Gasteiger partial charge is 0.489 e. The molecule has 3 nitrogen and oxygen atoms in total. The molecule has 2 aromatic carbocycles. The van der Waals surface area contributed by atoms with Gasteiger partial charge in [0.25, 0.3) is 0 Å². The normalized spacial score (nSPS) is 11.7. The van der Waals surface area contributed by atoms with Crippen molar-refractivity contribution in [1.29, 1.82) is 5.26 Å². The summed E-state index contributed by atoms with van der Waals surface area (Å²) in [6.07, 6.45) is 0. The van der Waals surface area contributed by atoms with Crippen LogP contribution in [0.3, 0.4) is 0 Å². The van der Waals surface area contributed by atoms with Crippen LogP contribution >= 0.6 is 11.6 Å². The summed E-state index contributed by atoms with van der Waals surface area (Å²) in [7, 11) is 1.90. The van der Waals surface area contributed by atoms with Crippen molar-refractivity contribution in [2.45, 2.75) is 19.6 Å². The Kier molecular flexibility index (Phi) is 5.21. The SMILES string of the molecule is CNC(C)c1cc(Cl)ccc1OCc1ccc(C#N)cc1. The molecule has 0 saturated carbocycles. The third kappa shape index (κ3) is 3.98. The zero-order chi connectivity index (χ0) is 15.2. The molecule has 0 aromatic heterocycles. The molecule has 0 saturated heterocycles. The molecule has 108 valence electrons. The van der Waals surface area contributed by atoms with Gasteiger partial charge in [-0.25, -0.2) is 0 Å². The van der Waals surface area contributed by atoms with Crippen LogP contribution in [0.1, 0.15) is 29.7 Å². The molecule has 0 aliphatic heterocycles. The van der Waals surface area contributed by atoms with Crippen molar-refractivity contribution in [2.24, 2.45) is 0 Å². The Labute approximate surface area is 130 Å². The molecule has 1 atom stereocenters. The Bertz CT molecular complexity index is 647. The number of ether oxygens (including phenoxy) is 1. The fraction of sp³-hybridized carbons (Fsp3) is 0.235. The van der Waals surface area contributed by atoms with E-state index in [0.29, 0.717) is 17.2 Å². The van der Waals surface area contributed by atoms with Crippen LogP contribution in [0.15, 0.2) is 42.5 Å². The van der Waals surface area contributed by atoms with E-state index >= 15 is 0 Å². The number of nitrogens with zero attached hydrogens (tertiary/aromatic N) is 1. The Morgan fingerprint density at radius 1 is 1.24 bits per heavy atom. The quantitative estimate of drug-likeness (QED) is 0.905. The van der Waals surface area contributed by atoms with Crippen molar-refractivity contribution in [2.75, 3.05) is 7.05 Å². The summed E-state index contributed by atoms with van der Waals surface area (Å²) in [5, 5.41) is 12.7. The molecule has 0 fully saturated rings. The Hall–Kier alpha value is -2.02. The van der Waals surface area contributed by atoms with Crippen LogP contribution in [0.2, 0.25) is 5.02 Å². The van der Waals surface area contributed by atoms with E-state index < -0.39 is 0 Å². The molecular weight excluding hydrogens is 284 g/mol. The molecule has 0 radical (unpaired) electrons. The minimum absolute atomic E-state index is 0.152. The Morgan fingerprint density at radius 3 is 2.57 bits per heavy atom. The Morgan fingerprint density at radius 2 is 1.95 bits per heavy atom. The van der Waals surface area contributed by atoms with Gasteiger partial charge in [-0.05, 0) is 49.9 Å². The third-order valence-electron chi connectivity index (χ3n) is 3.35. The fourth-order valence-electron chi connectivity index (χ4n) is 1.98. The molecule has 0 aliphatic rings. The zero-order valence-electron chi connectivity index (χ0n) is 12.1. The van der Waals surface area contributed by atoms with Crippen molar-refractivity contribution in [1.82, 2.24) is 5.32 Å². The monoisotopic (exact) mass is 300 g/mol. The molecule has 0 amide bonds. The van der Waals surface area contributed by atoms with E-state index in [9.17, 15) is 0 Å². The van der Waals surface area contributed by atoms with E-state index in [4.69, 9.17) is 21.6 Å². The maximum atomic E-state index is 8.79. The van der Waals surface area contributed by atoms with Gasteiger partial charge in [0.1, 0.15) is 12.4 Å². The molecule has 0 heterocycles. The third-order valence-corrected chi connectivity index (χ3v) is 3.58. The minimum atomic E-state index is 0.152. The van der Waals surface area contributed by atoms with E-state index in [-0.39, 0.29) is 6.04 Å². The highest BCUT2D eigenvalue weighted by Crippen LogP contribution is 2.28. The zero-order valence-corrected chi connectivity index (χ0v) is 12.8. The number of halogens is 1. The van der Waals surface area contributed by atoms with Crippen molar-refractivity contribution in [3.8, 4) is 11.8 Å². The predicted octanol–water partition coefficient (Wildman–Crippen LogP) is 4.07. The fourth-order valence-corrected chi connectivity index (χ4v) is 2.16. The summed E-state index contributed by atoms with van der Waals surface area (Å²) in [6, 6.07) is 15.2. The first-order valence-electron chi connectivity index (χ1n) is 6.72. The molecule has 2 aromatic rings. The summed E-state index contributed by atoms with van der Waals surface area (Å²) < 4.78 is 5.89. The van der Waals surface area contributed by atoms with Gasteiger partial charge in [0.2, 0.25) is 0 Å².